The summed E-state index contributed by atoms with van der Waals surface area (Å²) in [5.74, 6) is 0. The quantitative estimate of drug-likeness (QED) is 0.923. The Balaban J connectivity index is 2.07. The molecule has 0 aliphatic carbocycles. The molecule has 18 heavy (non-hydrogen) atoms. The third kappa shape index (κ3) is 3.25. The molecule has 2 heterocycles. The molecular formula is C13H22ClN3S. The highest BCUT2D eigenvalue weighted by Gasteiger charge is 2.27. The Hall–Kier alpha value is -0.130. The lowest BCUT2D eigenvalue weighted by Crippen LogP contribution is -2.47. The Labute approximate surface area is 119 Å². The van der Waals surface area contributed by atoms with Crippen LogP contribution in [0.25, 0.3) is 0 Å². The molecule has 1 aromatic heterocycles. The van der Waals surface area contributed by atoms with E-state index < -0.39 is 0 Å². The smallest absolute Gasteiger partial charge is 0.0565 e. The van der Waals surface area contributed by atoms with E-state index in [-0.39, 0.29) is 0 Å². The number of rotatable bonds is 4. The number of nitrogens with two attached hydrogens (primary N) is 1. The van der Waals surface area contributed by atoms with Gasteiger partial charge in [0.1, 0.15) is 0 Å². The zero-order valence-electron chi connectivity index (χ0n) is 11.1. The lowest BCUT2D eigenvalue weighted by atomic mass is 10.0. The summed E-state index contributed by atoms with van der Waals surface area (Å²) in [6.45, 7) is 2.99. The molecular weight excluding hydrogens is 266 g/mol. The first kappa shape index (κ1) is 14.3. The van der Waals surface area contributed by atoms with Crippen molar-refractivity contribution in [3.8, 4) is 0 Å². The molecule has 0 spiro atoms. The first-order valence-electron chi connectivity index (χ1n) is 6.46. The van der Waals surface area contributed by atoms with Crippen LogP contribution >= 0.6 is 22.9 Å². The van der Waals surface area contributed by atoms with Crippen LogP contribution in [0.5, 0.6) is 0 Å². The third-order valence-corrected chi connectivity index (χ3v) is 5.19. The molecule has 2 N–H and O–H groups in total. The number of hydrogen-bond acceptors (Lipinski definition) is 4. The zero-order chi connectivity index (χ0) is 13.1. The summed E-state index contributed by atoms with van der Waals surface area (Å²) in [7, 11) is 4.38. The molecule has 1 saturated heterocycles. The van der Waals surface area contributed by atoms with E-state index in [0.717, 1.165) is 11.6 Å². The van der Waals surface area contributed by atoms with Gasteiger partial charge in [0.15, 0.2) is 0 Å². The number of thiophene rings is 1. The fraction of sp³-hybridized carbons (Fsp3) is 0.692. The monoisotopic (exact) mass is 287 g/mol. The van der Waals surface area contributed by atoms with E-state index in [4.69, 9.17) is 17.3 Å². The number of halogens is 1. The molecule has 2 rings (SSSR count). The van der Waals surface area contributed by atoms with Gasteiger partial charge >= 0.3 is 0 Å². The normalized spacial score (nSPS) is 23.5. The zero-order valence-corrected chi connectivity index (χ0v) is 12.7. The van der Waals surface area contributed by atoms with E-state index in [1.54, 1.807) is 11.3 Å². The Morgan fingerprint density at radius 3 is 3.00 bits per heavy atom. The molecule has 1 aromatic rings. The van der Waals surface area contributed by atoms with Crippen molar-refractivity contribution in [2.24, 2.45) is 5.73 Å². The summed E-state index contributed by atoms with van der Waals surface area (Å²) in [4.78, 5) is 6.11. The Bertz CT molecular complexity index is 382. The van der Waals surface area contributed by atoms with Crippen LogP contribution in [0.15, 0.2) is 11.4 Å². The van der Waals surface area contributed by atoms with E-state index in [0.29, 0.717) is 18.6 Å². The predicted molar refractivity (Wildman–Crippen MR) is 79.4 cm³/mol. The van der Waals surface area contributed by atoms with Crippen LogP contribution in [-0.4, -0.2) is 49.6 Å². The summed E-state index contributed by atoms with van der Waals surface area (Å²) in [6, 6.07) is 2.93. The van der Waals surface area contributed by atoms with Gasteiger partial charge in [0.25, 0.3) is 0 Å². The number of piperidine rings is 1. The molecule has 0 radical (unpaired) electrons. The summed E-state index contributed by atoms with van der Waals surface area (Å²) in [6.07, 6.45) is 2.53. The summed E-state index contributed by atoms with van der Waals surface area (Å²) in [5.41, 5.74) is 5.96. The van der Waals surface area contributed by atoms with Crippen molar-refractivity contribution >= 4 is 22.9 Å². The van der Waals surface area contributed by atoms with Crippen LogP contribution < -0.4 is 5.73 Å². The van der Waals surface area contributed by atoms with Gasteiger partial charge in [0.2, 0.25) is 0 Å². The molecule has 0 aromatic carbocycles. The first-order chi connectivity index (χ1) is 8.61. The highest BCUT2D eigenvalue weighted by atomic mass is 35.5. The minimum Gasteiger partial charge on any atom is -0.329 e. The maximum atomic E-state index is 6.02. The minimum atomic E-state index is 0.291. The van der Waals surface area contributed by atoms with Gasteiger partial charge in [0, 0.05) is 29.4 Å². The maximum Gasteiger partial charge on any atom is 0.0565 e. The molecule has 0 amide bonds. The Kier molecular flexibility index (Phi) is 5.04. The molecule has 0 saturated carbocycles. The van der Waals surface area contributed by atoms with Crippen molar-refractivity contribution in [3.63, 3.8) is 0 Å². The number of likely N-dealkylation sites (N-methyl/N-ethyl adjacent to an activating group) is 2. The lowest BCUT2D eigenvalue weighted by molar-refractivity contribution is 0.102. The van der Waals surface area contributed by atoms with Crippen molar-refractivity contribution < 1.29 is 0 Å². The molecule has 2 unspecified atom stereocenters. The van der Waals surface area contributed by atoms with Crippen LogP contribution in [0, 0.1) is 0 Å². The molecule has 1 aliphatic rings. The second-order valence-corrected chi connectivity index (χ2v) is 6.52. The van der Waals surface area contributed by atoms with Gasteiger partial charge in [-0.15, -0.1) is 11.3 Å². The lowest BCUT2D eigenvalue weighted by Gasteiger charge is -2.39. The fourth-order valence-electron chi connectivity index (χ4n) is 2.71. The van der Waals surface area contributed by atoms with Crippen molar-refractivity contribution in [1.29, 1.82) is 0 Å². The van der Waals surface area contributed by atoms with Crippen molar-refractivity contribution in [3.05, 3.63) is 21.3 Å². The van der Waals surface area contributed by atoms with Crippen LogP contribution in [0.3, 0.4) is 0 Å². The molecule has 1 fully saturated rings. The van der Waals surface area contributed by atoms with Gasteiger partial charge in [0.05, 0.1) is 11.1 Å². The van der Waals surface area contributed by atoms with Crippen LogP contribution in [0.4, 0.5) is 0 Å². The topological polar surface area (TPSA) is 32.5 Å². The van der Waals surface area contributed by atoms with Crippen LogP contribution in [0.1, 0.15) is 23.8 Å². The van der Waals surface area contributed by atoms with Crippen molar-refractivity contribution in [1.82, 2.24) is 9.80 Å². The SMILES string of the molecule is CN1CCCC(N(C)C(CN)c2cc(Cl)cs2)C1. The van der Waals surface area contributed by atoms with E-state index in [9.17, 15) is 0 Å². The van der Waals surface area contributed by atoms with E-state index in [2.05, 4.69) is 23.9 Å². The summed E-state index contributed by atoms with van der Waals surface area (Å²) < 4.78 is 0. The average Bonchev–Trinajstić information content (AvgIpc) is 2.76. The van der Waals surface area contributed by atoms with Gasteiger partial charge in [-0.05, 0) is 39.5 Å². The largest absolute Gasteiger partial charge is 0.329 e. The maximum absolute atomic E-state index is 6.02. The van der Waals surface area contributed by atoms with Crippen LogP contribution in [-0.2, 0) is 0 Å². The fourth-order valence-corrected chi connectivity index (χ4v) is 3.96. The van der Waals surface area contributed by atoms with Crippen molar-refractivity contribution in [2.75, 3.05) is 33.7 Å². The minimum absolute atomic E-state index is 0.291. The van der Waals surface area contributed by atoms with Crippen LogP contribution in [0.2, 0.25) is 5.02 Å². The van der Waals surface area contributed by atoms with E-state index in [1.807, 2.05) is 11.4 Å². The molecule has 0 bridgehead atoms. The van der Waals surface area contributed by atoms with Gasteiger partial charge in [-0.1, -0.05) is 11.6 Å². The van der Waals surface area contributed by atoms with Crippen molar-refractivity contribution in [2.45, 2.75) is 24.9 Å². The van der Waals surface area contributed by atoms with E-state index >= 15 is 0 Å². The van der Waals surface area contributed by atoms with Gasteiger partial charge in [-0.25, -0.2) is 0 Å². The van der Waals surface area contributed by atoms with Gasteiger partial charge < -0.3 is 10.6 Å². The van der Waals surface area contributed by atoms with Gasteiger partial charge in [-0.2, -0.15) is 0 Å². The Morgan fingerprint density at radius 2 is 2.44 bits per heavy atom. The standard InChI is InChI=1S/C13H22ClN3S/c1-16-5-3-4-11(8-16)17(2)12(7-15)13-6-10(14)9-18-13/h6,9,11-12H,3-5,7-8,15H2,1-2H3. The highest BCUT2D eigenvalue weighted by molar-refractivity contribution is 7.10. The number of hydrogen-bond donors (Lipinski definition) is 1. The average molecular weight is 288 g/mol. The second-order valence-electron chi connectivity index (χ2n) is 5.14. The third-order valence-electron chi connectivity index (χ3n) is 3.81. The molecule has 2 atom stereocenters. The number of nitrogens with zero attached hydrogens (tertiary/aromatic N) is 2. The summed E-state index contributed by atoms with van der Waals surface area (Å²) in [5, 5.41) is 2.81. The second kappa shape index (κ2) is 6.35. The summed E-state index contributed by atoms with van der Waals surface area (Å²) >= 11 is 7.73. The molecule has 1 aliphatic heterocycles. The van der Waals surface area contributed by atoms with E-state index in [1.165, 1.54) is 24.3 Å². The molecule has 5 heteroatoms. The predicted octanol–water partition coefficient (Wildman–Crippen LogP) is 2.43. The number of likely N-dealkylation sites (tertiary alicyclic amines) is 1. The Morgan fingerprint density at radius 1 is 1.67 bits per heavy atom. The molecule has 102 valence electrons. The molecule has 3 nitrogen and oxygen atoms in total. The highest BCUT2D eigenvalue weighted by Crippen LogP contribution is 2.30. The first-order valence-corrected chi connectivity index (χ1v) is 7.72. The van der Waals surface area contributed by atoms with Gasteiger partial charge in [-0.3, -0.25) is 4.90 Å².